The lowest BCUT2D eigenvalue weighted by atomic mass is 10.2. The van der Waals surface area contributed by atoms with Gasteiger partial charge in [-0.15, -0.1) is 0 Å². The maximum Gasteiger partial charge on any atom is 0.269 e. The molecule has 0 heterocycles. The first kappa shape index (κ1) is 9.90. The molecule has 0 amide bonds. The normalized spacial score (nSPS) is 9.43. The van der Waals surface area contributed by atoms with Gasteiger partial charge in [0, 0.05) is 12.1 Å². The van der Waals surface area contributed by atoms with Crippen LogP contribution in [0.5, 0.6) is 0 Å². The average molecular weight is 196 g/mol. The molecule has 1 aromatic rings. The molecule has 0 unspecified atom stereocenters. The highest BCUT2D eigenvalue weighted by molar-refractivity contribution is 5.33. The summed E-state index contributed by atoms with van der Waals surface area (Å²) in [5, 5.41) is 19.3. The van der Waals surface area contributed by atoms with E-state index in [9.17, 15) is 20.2 Å². The molecule has 0 fully saturated rings. The summed E-state index contributed by atoms with van der Waals surface area (Å²) in [6.07, 6.45) is 0. The molecule has 0 aromatic heterocycles. The molecule has 7 nitrogen and oxygen atoms in total. The van der Waals surface area contributed by atoms with Crippen LogP contribution in [0.3, 0.4) is 0 Å². The van der Waals surface area contributed by atoms with E-state index in [-0.39, 0.29) is 12.2 Å². The fourth-order valence-corrected chi connectivity index (χ4v) is 0.862. The van der Waals surface area contributed by atoms with E-state index in [0.717, 1.165) is 0 Å². The predicted octanol–water partition coefficient (Wildman–Crippen LogP) is 1.66. The molecule has 0 saturated heterocycles. The molecule has 1 rings (SSSR count). The van der Waals surface area contributed by atoms with Gasteiger partial charge in [0.1, 0.15) is 0 Å². The van der Waals surface area contributed by atoms with E-state index in [0.29, 0.717) is 5.56 Å². The monoisotopic (exact) mass is 196 g/mol. The van der Waals surface area contributed by atoms with Gasteiger partial charge < -0.3 is 5.43 Å². The van der Waals surface area contributed by atoms with Crippen molar-refractivity contribution in [1.29, 1.82) is 0 Å². The standard InChI is InChI=1S/C7H6N3O4/c11-9(12)7-3-1-6(2-4-7)5-8-10(13)14/h1-4H,5H2/q-1. The van der Waals surface area contributed by atoms with Gasteiger partial charge in [-0.2, -0.15) is 0 Å². The second-order valence-electron chi connectivity index (χ2n) is 2.46. The van der Waals surface area contributed by atoms with Crippen LogP contribution in [-0.2, 0) is 6.54 Å². The molecular formula is C7H6N3O4-. The van der Waals surface area contributed by atoms with Crippen LogP contribution >= 0.6 is 0 Å². The first-order chi connectivity index (χ1) is 6.59. The molecule has 0 bridgehead atoms. The van der Waals surface area contributed by atoms with Gasteiger partial charge in [-0.25, -0.2) is 0 Å². The molecule has 14 heavy (non-hydrogen) atoms. The molecule has 7 heteroatoms. The summed E-state index contributed by atoms with van der Waals surface area (Å²) in [5.74, 6) is 0. The van der Waals surface area contributed by atoms with Crippen molar-refractivity contribution >= 4 is 5.69 Å². The van der Waals surface area contributed by atoms with Crippen molar-refractivity contribution < 1.29 is 9.96 Å². The van der Waals surface area contributed by atoms with Crippen LogP contribution in [0.15, 0.2) is 24.3 Å². The molecule has 0 N–H and O–H groups in total. The zero-order valence-corrected chi connectivity index (χ0v) is 6.99. The van der Waals surface area contributed by atoms with Gasteiger partial charge in [0.2, 0.25) is 0 Å². The number of benzene rings is 1. The van der Waals surface area contributed by atoms with Crippen LogP contribution in [0, 0.1) is 20.2 Å². The third-order valence-electron chi connectivity index (χ3n) is 1.52. The number of nitro benzene ring substituents is 1. The summed E-state index contributed by atoms with van der Waals surface area (Å²) in [4.78, 5) is 19.6. The van der Waals surface area contributed by atoms with Gasteiger partial charge in [-0.1, -0.05) is 24.2 Å². The minimum atomic E-state index is -0.790. The molecule has 74 valence electrons. The molecule has 1 aromatic carbocycles. The van der Waals surface area contributed by atoms with Crippen molar-refractivity contribution in [3.63, 3.8) is 0 Å². The third-order valence-corrected chi connectivity index (χ3v) is 1.52. The summed E-state index contributed by atoms with van der Waals surface area (Å²) in [6.45, 7) is -0.0784. The van der Waals surface area contributed by atoms with Gasteiger partial charge in [-0.3, -0.25) is 20.2 Å². The number of nitro groups is 2. The van der Waals surface area contributed by atoms with Crippen molar-refractivity contribution in [2.24, 2.45) is 0 Å². The van der Waals surface area contributed by atoms with Crippen LogP contribution in [0.4, 0.5) is 5.69 Å². The number of rotatable bonds is 4. The number of hydrogen-bond donors (Lipinski definition) is 0. The number of hydrogen-bond acceptors (Lipinski definition) is 4. The highest BCUT2D eigenvalue weighted by Crippen LogP contribution is 2.13. The molecule has 0 radical (unpaired) electrons. The molecule has 0 aliphatic rings. The first-order valence-corrected chi connectivity index (χ1v) is 3.65. The van der Waals surface area contributed by atoms with Crippen LogP contribution in [0.1, 0.15) is 5.56 Å². The van der Waals surface area contributed by atoms with E-state index >= 15 is 0 Å². The van der Waals surface area contributed by atoms with Crippen molar-refractivity contribution in [3.8, 4) is 0 Å². The summed E-state index contributed by atoms with van der Waals surface area (Å²) in [5.41, 5.74) is 3.54. The minimum Gasteiger partial charge on any atom is -0.375 e. The zero-order valence-electron chi connectivity index (χ0n) is 6.99. The van der Waals surface area contributed by atoms with Crippen molar-refractivity contribution in [3.05, 3.63) is 55.5 Å². The van der Waals surface area contributed by atoms with Crippen LogP contribution in [-0.4, -0.2) is 9.96 Å². The summed E-state index contributed by atoms with van der Waals surface area (Å²) < 4.78 is 0. The maximum atomic E-state index is 10.3. The molecule has 0 saturated carbocycles. The smallest absolute Gasteiger partial charge is 0.269 e. The van der Waals surface area contributed by atoms with E-state index in [1.54, 1.807) is 0 Å². The van der Waals surface area contributed by atoms with Crippen LogP contribution in [0.25, 0.3) is 5.43 Å². The minimum absolute atomic E-state index is 0.0464. The highest BCUT2D eigenvalue weighted by Gasteiger charge is 2.02. The topological polar surface area (TPSA) is 100 Å². The van der Waals surface area contributed by atoms with Gasteiger partial charge in [0.25, 0.3) is 5.69 Å². The SMILES string of the molecule is O=[N+]([O-])[N-]Cc1ccc([N+](=O)[O-])cc1. The summed E-state index contributed by atoms with van der Waals surface area (Å²) >= 11 is 0. The Morgan fingerprint density at radius 2 is 1.71 bits per heavy atom. The molecule has 0 spiro atoms. The second-order valence-corrected chi connectivity index (χ2v) is 2.46. The van der Waals surface area contributed by atoms with E-state index in [4.69, 9.17) is 0 Å². The van der Waals surface area contributed by atoms with Crippen molar-refractivity contribution in [2.75, 3.05) is 0 Å². The summed E-state index contributed by atoms with van der Waals surface area (Å²) in [7, 11) is 0. The maximum absolute atomic E-state index is 10.3. The lowest BCUT2D eigenvalue weighted by Crippen LogP contribution is -1.93. The second kappa shape index (κ2) is 4.17. The van der Waals surface area contributed by atoms with E-state index in [2.05, 4.69) is 5.43 Å². The number of non-ortho nitro benzene ring substituents is 1. The molecular weight excluding hydrogens is 190 g/mol. The van der Waals surface area contributed by atoms with Crippen molar-refractivity contribution in [1.82, 2.24) is 0 Å². The highest BCUT2D eigenvalue weighted by atomic mass is 16.7. The van der Waals surface area contributed by atoms with E-state index in [1.165, 1.54) is 24.3 Å². The lowest BCUT2D eigenvalue weighted by molar-refractivity contribution is -0.428. The third kappa shape index (κ3) is 2.70. The number of nitrogens with zero attached hydrogens (tertiary/aromatic N) is 3. The summed E-state index contributed by atoms with van der Waals surface area (Å²) in [6, 6.07) is 5.44. The lowest BCUT2D eigenvalue weighted by Gasteiger charge is -2.07. The predicted molar refractivity (Wildman–Crippen MR) is 47.2 cm³/mol. The Morgan fingerprint density at radius 3 is 2.14 bits per heavy atom. The Hall–Kier alpha value is -2.18. The fourth-order valence-electron chi connectivity index (χ4n) is 0.862. The quantitative estimate of drug-likeness (QED) is 0.539. The molecule has 0 aliphatic carbocycles. The van der Waals surface area contributed by atoms with Gasteiger partial charge >= 0.3 is 0 Å². The molecule has 0 aliphatic heterocycles. The van der Waals surface area contributed by atoms with Gasteiger partial charge in [0.05, 0.1) is 4.92 Å². The first-order valence-electron chi connectivity index (χ1n) is 3.65. The Bertz CT molecular complexity index is 348. The van der Waals surface area contributed by atoms with Gasteiger partial charge in [0.15, 0.2) is 0 Å². The van der Waals surface area contributed by atoms with E-state index < -0.39 is 9.96 Å². The average Bonchev–Trinajstić information content (AvgIpc) is 2.15. The zero-order chi connectivity index (χ0) is 10.6. The van der Waals surface area contributed by atoms with Crippen LogP contribution in [0.2, 0.25) is 0 Å². The van der Waals surface area contributed by atoms with Gasteiger partial charge in [-0.05, 0) is 5.03 Å². The van der Waals surface area contributed by atoms with Crippen LogP contribution < -0.4 is 0 Å². The molecule has 0 atom stereocenters. The Kier molecular flexibility index (Phi) is 2.95. The fraction of sp³-hybridized carbons (Fsp3) is 0.143. The van der Waals surface area contributed by atoms with E-state index in [1.807, 2.05) is 0 Å². The Morgan fingerprint density at radius 1 is 1.14 bits per heavy atom. The Balaban J connectivity index is 2.64. The Labute approximate surface area is 78.6 Å². The van der Waals surface area contributed by atoms with Crippen molar-refractivity contribution in [2.45, 2.75) is 6.54 Å². The largest absolute Gasteiger partial charge is 0.375 e.